The highest BCUT2D eigenvalue weighted by molar-refractivity contribution is 7.09. The summed E-state index contributed by atoms with van der Waals surface area (Å²) >= 11 is 7.24. The summed E-state index contributed by atoms with van der Waals surface area (Å²) < 4.78 is 11.2. The number of nitrogens with one attached hydrogen (secondary N) is 2. The van der Waals surface area contributed by atoms with Crippen molar-refractivity contribution in [1.82, 2.24) is 15.6 Å². The first kappa shape index (κ1) is 23.1. The fraction of sp³-hybridized carbons (Fsp3) is 0.292. The maximum Gasteiger partial charge on any atom is 0.270 e. The van der Waals surface area contributed by atoms with Gasteiger partial charge in [0.2, 0.25) is 0 Å². The molecule has 9 heteroatoms. The van der Waals surface area contributed by atoms with E-state index in [1.807, 2.05) is 24.3 Å². The van der Waals surface area contributed by atoms with E-state index < -0.39 is 0 Å². The fourth-order valence-corrected chi connectivity index (χ4v) is 3.78. The van der Waals surface area contributed by atoms with E-state index >= 15 is 0 Å². The number of rotatable bonds is 11. The Bertz CT molecular complexity index is 1080. The van der Waals surface area contributed by atoms with Gasteiger partial charge >= 0.3 is 0 Å². The van der Waals surface area contributed by atoms with E-state index in [0.29, 0.717) is 41.2 Å². The van der Waals surface area contributed by atoms with E-state index in [4.69, 9.17) is 21.1 Å². The lowest BCUT2D eigenvalue weighted by Crippen LogP contribution is -2.30. The zero-order valence-corrected chi connectivity index (χ0v) is 19.5. The largest absolute Gasteiger partial charge is 0.486 e. The zero-order valence-electron chi connectivity index (χ0n) is 17.9. The van der Waals surface area contributed by atoms with Gasteiger partial charge in [0, 0.05) is 23.0 Å². The van der Waals surface area contributed by atoms with E-state index in [1.165, 1.54) is 11.3 Å². The molecule has 3 aromatic rings. The van der Waals surface area contributed by atoms with Crippen molar-refractivity contribution in [3.8, 4) is 11.5 Å². The molecule has 7 nitrogen and oxygen atoms in total. The summed E-state index contributed by atoms with van der Waals surface area (Å²) in [5.74, 6) is 1.03. The van der Waals surface area contributed by atoms with Gasteiger partial charge in [-0.2, -0.15) is 0 Å². The lowest BCUT2D eigenvalue weighted by atomic mass is 10.1. The number of benzene rings is 2. The number of amides is 2. The van der Waals surface area contributed by atoms with Gasteiger partial charge in [-0.1, -0.05) is 23.7 Å². The fourth-order valence-electron chi connectivity index (χ4n) is 2.97. The minimum absolute atomic E-state index is 0.0201. The standard InChI is InChI=1S/C24H24ClN3O4S/c25-17-3-9-20(10-4-17)32-14-23-28-21(15-33-23)24(30)26-12-11-16-1-7-19(8-2-16)31-13-22(29)27-18-5-6-18/h1-4,7-10,15,18H,5-6,11-14H2,(H,26,30)(H,27,29). The topological polar surface area (TPSA) is 89.5 Å². The highest BCUT2D eigenvalue weighted by Crippen LogP contribution is 2.19. The van der Waals surface area contributed by atoms with Crippen molar-refractivity contribution in [3.63, 3.8) is 0 Å². The van der Waals surface area contributed by atoms with Gasteiger partial charge in [0.15, 0.2) is 6.61 Å². The molecule has 1 aromatic heterocycles. The average Bonchev–Trinajstić information content (AvgIpc) is 3.50. The van der Waals surface area contributed by atoms with Crippen LogP contribution < -0.4 is 20.1 Å². The molecule has 0 radical (unpaired) electrons. The minimum atomic E-state index is -0.217. The van der Waals surface area contributed by atoms with Crippen LogP contribution in [0, 0.1) is 0 Å². The van der Waals surface area contributed by atoms with Crippen LogP contribution in [-0.2, 0) is 17.8 Å². The van der Waals surface area contributed by atoms with Gasteiger partial charge in [-0.3, -0.25) is 9.59 Å². The molecule has 172 valence electrons. The Morgan fingerprint density at radius 1 is 1.03 bits per heavy atom. The van der Waals surface area contributed by atoms with Gasteiger partial charge in [-0.25, -0.2) is 4.98 Å². The summed E-state index contributed by atoms with van der Waals surface area (Å²) in [6.45, 7) is 0.791. The van der Waals surface area contributed by atoms with Crippen LogP contribution in [0.25, 0.3) is 0 Å². The molecule has 4 rings (SSSR count). The molecule has 1 aliphatic rings. The molecule has 0 spiro atoms. The molecule has 0 aliphatic heterocycles. The van der Waals surface area contributed by atoms with Crippen LogP contribution in [0.2, 0.25) is 5.02 Å². The minimum Gasteiger partial charge on any atom is -0.486 e. The number of nitrogens with zero attached hydrogens (tertiary/aromatic N) is 1. The highest BCUT2D eigenvalue weighted by Gasteiger charge is 2.23. The van der Waals surface area contributed by atoms with Crippen LogP contribution in [0.1, 0.15) is 33.9 Å². The number of hydrogen-bond donors (Lipinski definition) is 2. The first-order chi connectivity index (χ1) is 16.0. The van der Waals surface area contributed by atoms with Crippen molar-refractivity contribution in [3.05, 3.63) is 75.2 Å². The van der Waals surface area contributed by atoms with Crippen molar-refractivity contribution < 1.29 is 19.1 Å². The van der Waals surface area contributed by atoms with Crippen molar-refractivity contribution >= 4 is 34.8 Å². The first-order valence-corrected chi connectivity index (χ1v) is 11.9. The highest BCUT2D eigenvalue weighted by atomic mass is 35.5. The Hall–Kier alpha value is -3.10. The van der Waals surface area contributed by atoms with Gasteiger partial charge in [0.25, 0.3) is 11.8 Å². The number of thiazole rings is 1. The van der Waals surface area contributed by atoms with Gasteiger partial charge in [0.05, 0.1) is 0 Å². The smallest absolute Gasteiger partial charge is 0.270 e. The van der Waals surface area contributed by atoms with Crippen LogP contribution in [0.4, 0.5) is 0 Å². The third-order valence-electron chi connectivity index (χ3n) is 4.90. The summed E-state index contributed by atoms with van der Waals surface area (Å²) in [7, 11) is 0. The van der Waals surface area contributed by atoms with Crippen LogP contribution in [0.5, 0.6) is 11.5 Å². The summed E-state index contributed by atoms with van der Waals surface area (Å²) in [4.78, 5) is 28.4. The molecular formula is C24H24ClN3O4S. The third-order valence-corrected chi connectivity index (χ3v) is 5.97. The second kappa shape index (κ2) is 11.2. The SMILES string of the molecule is O=C(COc1ccc(CCNC(=O)c2csc(COc3ccc(Cl)cc3)n2)cc1)NC1CC1. The molecule has 0 unspecified atom stereocenters. The van der Waals surface area contributed by atoms with Gasteiger partial charge in [0.1, 0.15) is 28.8 Å². The number of halogens is 1. The summed E-state index contributed by atoms with van der Waals surface area (Å²) in [5.41, 5.74) is 1.43. The third kappa shape index (κ3) is 7.47. The van der Waals surface area contributed by atoms with Crippen molar-refractivity contribution in [1.29, 1.82) is 0 Å². The molecule has 33 heavy (non-hydrogen) atoms. The van der Waals surface area contributed by atoms with Gasteiger partial charge in [-0.05, 0) is 61.2 Å². The van der Waals surface area contributed by atoms with Crippen LogP contribution in [0.3, 0.4) is 0 Å². The Kier molecular flexibility index (Phi) is 7.80. The van der Waals surface area contributed by atoms with E-state index in [1.54, 1.807) is 29.6 Å². The summed E-state index contributed by atoms with van der Waals surface area (Å²) in [6, 6.07) is 14.9. The molecule has 0 atom stereocenters. The predicted molar refractivity (Wildman–Crippen MR) is 127 cm³/mol. The van der Waals surface area contributed by atoms with E-state index in [0.717, 1.165) is 23.4 Å². The quantitative estimate of drug-likeness (QED) is 0.428. The molecule has 2 N–H and O–H groups in total. The normalized spacial score (nSPS) is 12.8. The van der Waals surface area contributed by atoms with E-state index in [9.17, 15) is 9.59 Å². The number of ether oxygens (including phenoxy) is 2. The number of carbonyl (C=O) groups is 2. The molecule has 1 heterocycles. The average molecular weight is 486 g/mol. The predicted octanol–water partition coefficient (Wildman–Crippen LogP) is 4.01. The molecule has 2 aromatic carbocycles. The number of aromatic nitrogens is 1. The monoisotopic (exact) mass is 485 g/mol. The lowest BCUT2D eigenvalue weighted by Gasteiger charge is -2.08. The summed E-state index contributed by atoms with van der Waals surface area (Å²) in [5, 5.41) is 8.86. The molecule has 1 fully saturated rings. The van der Waals surface area contributed by atoms with Gasteiger partial charge in [-0.15, -0.1) is 11.3 Å². The Labute approximate surface area is 201 Å². The molecule has 2 amide bonds. The van der Waals surface area contributed by atoms with Crippen molar-refractivity contribution in [2.75, 3.05) is 13.2 Å². The number of carbonyl (C=O) groups excluding carboxylic acids is 2. The molecule has 1 saturated carbocycles. The van der Waals surface area contributed by atoms with Crippen LogP contribution in [-0.4, -0.2) is 36.0 Å². The molecule has 0 saturated heterocycles. The van der Waals surface area contributed by atoms with Crippen molar-refractivity contribution in [2.45, 2.75) is 31.9 Å². The summed E-state index contributed by atoms with van der Waals surface area (Å²) in [6.07, 6.45) is 2.78. The maximum atomic E-state index is 12.4. The van der Waals surface area contributed by atoms with Crippen LogP contribution in [0.15, 0.2) is 53.9 Å². The zero-order chi connectivity index (χ0) is 23.0. The van der Waals surface area contributed by atoms with E-state index in [2.05, 4.69) is 15.6 Å². The molecule has 0 bridgehead atoms. The van der Waals surface area contributed by atoms with E-state index in [-0.39, 0.29) is 25.0 Å². The Morgan fingerprint density at radius 2 is 1.73 bits per heavy atom. The lowest BCUT2D eigenvalue weighted by molar-refractivity contribution is -0.123. The van der Waals surface area contributed by atoms with Gasteiger partial charge < -0.3 is 20.1 Å². The molecule has 1 aliphatic carbocycles. The second-order valence-corrected chi connectivity index (χ2v) is 9.03. The Balaban J connectivity index is 1.16. The Morgan fingerprint density at radius 3 is 2.45 bits per heavy atom. The molecular weight excluding hydrogens is 462 g/mol. The first-order valence-electron chi connectivity index (χ1n) is 10.7. The maximum absolute atomic E-state index is 12.4. The second-order valence-electron chi connectivity index (χ2n) is 7.65. The van der Waals surface area contributed by atoms with Crippen molar-refractivity contribution in [2.24, 2.45) is 0 Å². The number of hydrogen-bond acceptors (Lipinski definition) is 6. The van der Waals surface area contributed by atoms with Crippen LogP contribution >= 0.6 is 22.9 Å².